The predicted octanol–water partition coefficient (Wildman–Crippen LogP) is 3.73. The summed E-state index contributed by atoms with van der Waals surface area (Å²) < 4.78 is 5.95. The first-order valence-corrected chi connectivity index (χ1v) is 8.73. The lowest BCUT2D eigenvalue weighted by atomic mass is 9.98. The van der Waals surface area contributed by atoms with Crippen molar-refractivity contribution in [2.24, 2.45) is 10.9 Å². The molecule has 24 heavy (non-hydrogen) atoms. The number of hydrogen-bond donors (Lipinski definition) is 2. The summed E-state index contributed by atoms with van der Waals surface area (Å²) in [6, 6.07) is 4.03. The zero-order chi connectivity index (χ0) is 16.5. The van der Waals surface area contributed by atoms with Gasteiger partial charge >= 0.3 is 0 Å². The highest BCUT2D eigenvalue weighted by molar-refractivity contribution is 14.0. The molecule has 6 heteroatoms. The molecule has 0 atom stereocenters. The second kappa shape index (κ2) is 11.5. The summed E-state index contributed by atoms with van der Waals surface area (Å²) in [7, 11) is 1.79. The van der Waals surface area contributed by atoms with Gasteiger partial charge in [-0.3, -0.25) is 4.99 Å². The van der Waals surface area contributed by atoms with Crippen LogP contribution < -0.4 is 15.4 Å². The fourth-order valence-electron chi connectivity index (χ4n) is 2.65. The summed E-state index contributed by atoms with van der Waals surface area (Å²) in [6.45, 7) is 5.96. The van der Waals surface area contributed by atoms with E-state index in [-0.39, 0.29) is 24.0 Å². The van der Waals surface area contributed by atoms with Crippen molar-refractivity contribution in [3.05, 3.63) is 23.9 Å². The van der Waals surface area contributed by atoms with E-state index in [1.54, 1.807) is 7.05 Å². The maximum Gasteiger partial charge on any atom is 0.213 e. The topological polar surface area (TPSA) is 58.5 Å². The van der Waals surface area contributed by atoms with E-state index in [1.165, 1.54) is 19.3 Å². The van der Waals surface area contributed by atoms with Gasteiger partial charge in [0.15, 0.2) is 5.96 Å². The molecule has 1 aromatic heterocycles. The Morgan fingerprint density at radius 1 is 1.25 bits per heavy atom. The minimum absolute atomic E-state index is 0. The van der Waals surface area contributed by atoms with Crippen molar-refractivity contribution < 1.29 is 4.74 Å². The molecule has 1 saturated carbocycles. The smallest absolute Gasteiger partial charge is 0.213 e. The van der Waals surface area contributed by atoms with Gasteiger partial charge in [-0.15, -0.1) is 24.0 Å². The molecule has 2 rings (SSSR count). The average molecular weight is 446 g/mol. The number of pyridine rings is 1. The number of nitrogens with one attached hydrogen (secondary N) is 2. The van der Waals surface area contributed by atoms with Crippen LogP contribution in [0.15, 0.2) is 23.3 Å². The number of nitrogens with zero attached hydrogens (tertiary/aromatic N) is 2. The van der Waals surface area contributed by atoms with Crippen LogP contribution in [0.5, 0.6) is 5.88 Å². The molecular weight excluding hydrogens is 415 g/mol. The van der Waals surface area contributed by atoms with Crippen LogP contribution in [0.4, 0.5) is 0 Å². The van der Waals surface area contributed by atoms with Crippen molar-refractivity contribution in [2.75, 3.05) is 13.6 Å². The van der Waals surface area contributed by atoms with Crippen LogP contribution >= 0.6 is 24.0 Å². The Bertz CT molecular complexity index is 484. The first-order valence-electron chi connectivity index (χ1n) is 8.73. The number of guanidine groups is 1. The molecule has 0 aromatic carbocycles. The SMILES string of the molecule is CN=C(NCc1ccc(OC2CCCCC2)nc1)NCC(C)C.I. The molecule has 0 aliphatic heterocycles. The molecule has 0 bridgehead atoms. The van der Waals surface area contributed by atoms with Crippen molar-refractivity contribution >= 4 is 29.9 Å². The summed E-state index contributed by atoms with van der Waals surface area (Å²) in [5, 5.41) is 6.60. The minimum atomic E-state index is 0. The highest BCUT2D eigenvalue weighted by atomic mass is 127. The highest BCUT2D eigenvalue weighted by Gasteiger charge is 2.15. The maximum atomic E-state index is 5.95. The van der Waals surface area contributed by atoms with Crippen LogP contribution in [0.2, 0.25) is 0 Å². The molecule has 0 amide bonds. The second-order valence-electron chi connectivity index (χ2n) is 6.58. The quantitative estimate of drug-likeness (QED) is 0.397. The molecule has 0 radical (unpaired) electrons. The van der Waals surface area contributed by atoms with Crippen LogP contribution in [0.1, 0.15) is 51.5 Å². The monoisotopic (exact) mass is 446 g/mol. The van der Waals surface area contributed by atoms with Crippen LogP contribution in [-0.2, 0) is 6.54 Å². The van der Waals surface area contributed by atoms with Gasteiger partial charge in [0, 0.05) is 32.4 Å². The van der Waals surface area contributed by atoms with Gasteiger partial charge in [0.05, 0.1) is 0 Å². The molecule has 1 fully saturated rings. The molecule has 136 valence electrons. The largest absolute Gasteiger partial charge is 0.474 e. The molecular formula is C18H31IN4O. The van der Waals surface area contributed by atoms with E-state index in [2.05, 4.69) is 40.5 Å². The summed E-state index contributed by atoms with van der Waals surface area (Å²) in [6.07, 6.45) is 8.42. The zero-order valence-electron chi connectivity index (χ0n) is 15.0. The van der Waals surface area contributed by atoms with E-state index in [9.17, 15) is 0 Å². The molecule has 2 N–H and O–H groups in total. The molecule has 0 spiro atoms. The van der Waals surface area contributed by atoms with Gasteiger partial charge in [-0.25, -0.2) is 4.98 Å². The van der Waals surface area contributed by atoms with Gasteiger partial charge in [0.2, 0.25) is 5.88 Å². The molecule has 1 aliphatic carbocycles. The number of halogens is 1. The van der Waals surface area contributed by atoms with Crippen LogP contribution in [0.25, 0.3) is 0 Å². The predicted molar refractivity (Wildman–Crippen MR) is 110 cm³/mol. The van der Waals surface area contributed by atoms with Crippen LogP contribution in [0, 0.1) is 5.92 Å². The Labute approximate surface area is 163 Å². The number of aliphatic imine (C=N–C) groups is 1. The number of aromatic nitrogens is 1. The third kappa shape index (κ3) is 7.68. The van der Waals surface area contributed by atoms with E-state index in [0.29, 0.717) is 18.6 Å². The fourth-order valence-corrected chi connectivity index (χ4v) is 2.65. The van der Waals surface area contributed by atoms with Crippen molar-refractivity contribution in [1.82, 2.24) is 15.6 Å². The Kier molecular flexibility index (Phi) is 10.1. The Balaban J connectivity index is 0.00000288. The van der Waals surface area contributed by atoms with Crippen molar-refractivity contribution in [3.8, 4) is 5.88 Å². The summed E-state index contributed by atoms with van der Waals surface area (Å²) in [5.74, 6) is 2.15. The van der Waals surface area contributed by atoms with E-state index >= 15 is 0 Å². The Morgan fingerprint density at radius 3 is 2.58 bits per heavy atom. The van der Waals surface area contributed by atoms with Crippen molar-refractivity contribution in [1.29, 1.82) is 0 Å². The number of ether oxygens (including phenoxy) is 1. The van der Waals surface area contributed by atoms with E-state index in [4.69, 9.17) is 4.74 Å². The van der Waals surface area contributed by atoms with E-state index in [0.717, 1.165) is 36.8 Å². The van der Waals surface area contributed by atoms with Crippen molar-refractivity contribution in [3.63, 3.8) is 0 Å². The normalized spacial score (nSPS) is 15.8. The van der Waals surface area contributed by atoms with Gasteiger partial charge in [-0.2, -0.15) is 0 Å². The first-order chi connectivity index (χ1) is 11.2. The Hall–Kier alpha value is -1.05. The summed E-state index contributed by atoms with van der Waals surface area (Å²) >= 11 is 0. The minimum Gasteiger partial charge on any atom is -0.474 e. The average Bonchev–Trinajstić information content (AvgIpc) is 2.57. The lowest BCUT2D eigenvalue weighted by Crippen LogP contribution is -2.38. The van der Waals surface area contributed by atoms with Gasteiger partial charge in [-0.05, 0) is 37.2 Å². The third-order valence-electron chi connectivity index (χ3n) is 4.00. The zero-order valence-corrected chi connectivity index (χ0v) is 17.4. The standard InChI is InChI=1S/C18H30N4O.HI/c1-14(2)11-21-18(19-3)22-13-15-9-10-17(20-12-15)23-16-7-5-4-6-8-16;/h9-10,12,14,16H,4-8,11,13H2,1-3H3,(H2,19,21,22);1H. The van der Waals surface area contributed by atoms with Crippen molar-refractivity contribution in [2.45, 2.75) is 58.6 Å². The molecule has 1 heterocycles. The molecule has 0 unspecified atom stereocenters. The maximum absolute atomic E-state index is 5.95. The number of rotatable bonds is 6. The fraction of sp³-hybridized carbons (Fsp3) is 0.667. The van der Waals surface area contributed by atoms with E-state index in [1.807, 2.05) is 12.3 Å². The lowest BCUT2D eigenvalue weighted by Gasteiger charge is -2.22. The van der Waals surface area contributed by atoms with Gasteiger partial charge in [0.1, 0.15) is 6.10 Å². The van der Waals surface area contributed by atoms with Gasteiger partial charge < -0.3 is 15.4 Å². The Morgan fingerprint density at radius 2 is 2.00 bits per heavy atom. The summed E-state index contributed by atoms with van der Waals surface area (Å²) in [5.41, 5.74) is 1.12. The van der Waals surface area contributed by atoms with Crippen LogP contribution in [0.3, 0.4) is 0 Å². The molecule has 0 saturated heterocycles. The lowest BCUT2D eigenvalue weighted by molar-refractivity contribution is 0.148. The number of hydrogen-bond acceptors (Lipinski definition) is 3. The van der Waals surface area contributed by atoms with Gasteiger partial charge in [-0.1, -0.05) is 26.3 Å². The van der Waals surface area contributed by atoms with E-state index < -0.39 is 0 Å². The molecule has 1 aromatic rings. The second-order valence-corrected chi connectivity index (χ2v) is 6.58. The molecule has 5 nitrogen and oxygen atoms in total. The van der Waals surface area contributed by atoms with Gasteiger partial charge in [0.25, 0.3) is 0 Å². The molecule has 1 aliphatic rings. The first kappa shape index (κ1) is 21.0. The highest BCUT2D eigenvalue weighted by Crippen LogP contribution is 2.22. The summed E-state index contributed by atoms with van der Waals surface area (Å²) in [4.78, 5) is 8.65. The third-order valence-corrected chi connectivity index (χ3v) is 4.00. The van der Waals surface area contributed by atoms with Crippen LogP contribution in [-0.4, -0.2) is 30.6 Å².